The number of aliphatic carboxylic acids is 1. The van der Waals surface area contributed by atoms with Crippen LogP contribution in [0.15, 0.2) is 0 Å². The van der Waals surface area contributed by atoms with Crippen LogP contribution in [0.4, 0.5) is 0 Å². The van der Waals surface area contributed by atoms with Gasteiger partial charge in [-0.05, 0) is 50.1 Å². The number of carbonyl (C=O) groups is 1. The van der Waals surface area contributed by atoms with Gasteiger partial charge in [0.25, 0.3) is 0 Å². The van der Waals surface area contributed by atoms with Crippen molar-refractivity contribution < 1.29 is 9.90 Å². The van der Waals surface area contributed by atoms with Crippen molar-refractivity contribution in [2.75, 3.05) is 13.1 Å². The summed E-state index contributed by atoms with van der Waals surface area (Å²) in [4.78, 5) is 11.2. The molecule has 4 fully saturated rings. The zero-order valence-electron chi connectivity index (χ0n) is 8.38. The third kappa shape index (κ3) is 0.888. The number of hydrogen-bond acceptors (Lipinski definition) is 2. The van der Waals surface area contributed by atoms with E-state index in [0.717, 1.165) is 44.7 Å². The fraction of sp³-hybridized carbons (Fsp3) is 0.909. The molecule has 1 aliphatic heterocycles. The van der Waals surface area contributed by atoms with Crippen LogP contribution in [-0.4, -0.2) is 24.2 Å². The topological polar surface area (TPSA) is 49.3 Å². The second-order valence-corrected chi connectivity index (χ2v) is 5.51. The predicted octanol–water partition coefficient (Wildman–Crippen LogP) is 1.24. The molecule has 0 unspecified atom stereocenters. The molecular formula is C11H17NO2. The van der Waals surface area contributed by atoms with E-state index in [9.17, 15) is 9.90 Å². The summed E-state index contributed by atoms with van der Waals surface area (Å²) in [7, 11) is 0. The molecule has 1 saturated heterocycles. The van der Waals surface area contributed by atoms with E-state index in [0.29, 0.717) is 5.41 Å². The first-order valence-corrected chi connectivity index (χ1v) is 5.61. The van der Waals surface area contributed by atoms with E-state index in [-0.39, 0.29) is 5.41 Å². The molecule has 14 heavy (non-hydrogen) atoms. The Morgan fingerprint density at radius 2 is 2.00 bits per heavy atom. The Kier molecular flexibility index (Phi) is 1.56. The van der Waals surface area contributed by atoms with Crippen molar-refractivity contribution in [1.29, 1.82) is 0 Å². The van der Waals surface area contributed by atoms with Gasteiger partial charge in [0.2, 0.25) is 0 Å². The first kappa shape index (κ1) is 8.72. The summed E-state index contributed by atoms with van der Waals surface area (Å²) in [6, 6.07) is 0. The van der Waals surface area contributed by atoms with E-state index in [1.165, 1.54) is 6.42 Å². The highest BCUT2D eigenvalue weighted by Crippen LogP contribution is 2.67. The molecule has 2 N–H and O–H groups in total. The molecule has 2 bridgehead atoms. The summed E-state index contributed by atoms with van der Waals surface area (Å²) in [6.45, 7) is 2.24. The van der Waals surface area contributed by atoms with Crippen molar-refractivity contribution in [3.8, 4) is 0 Å². The maximum Gasteiger partial charge on any atom is 0.309 e. The lowest BCUT2D eigenvalue weighted by Crippen LogP contribution is -2.64. The average molecular weight is 195 g/mol. The van der Waals surface area contributed by atoms with Gasteiger partial charge < -0.3 is 10.4 Å². The predicted molar refractivity (Wildman–Crippen MR) is 51.9 cm³/mol. The van der Waals surface area contributed by atoms with Gasteiger partial charge in [0.05, 0.1) is 5.41 Å². The van der Waals surface area contributed by atoms with Crippen LogP contribution in [0.5, 0.6) is 0 Å². The summed E-state index contributed by atoms with van der Waals surface area (Å²) in [5, 5.41) is 12.5. The van der Waals surface area contributed by atoms with Crippen molar-refractivity contribution in [1.82, 2.24) is 5.32 Å². The van der Waals surface area contributed by atoms with E-state index in [1.807, 2.05) is 0 Å². The highest BCUT2D eigenvalue weighted by atomic mass is 16.4. The summed E-state index contributed by atoms with van der Waals surface area (Å²) < 4.78 is 0. The number of fused-ring (bicyclic) bond motifs is 2. The van der Waals surface area contributed by atoms with Gasteiger partial charge in [-0.15, -0.1) is 0 Å². The normalized spacial score (nSPS) is 46.6. The highest BCUT2D eigenvalue weighted by Gasteiger charge is 2.64. The van der Waals surface area contributed by atoms with Gasteiger partial charge in [-0.1, -0.05) is 6.42 Å². The van der Waals surface area contributed by atoms with Crippen molar-refractivity contribution >= 4 is 5.97 Å². The van der Waals surface area contributed by atoms with Gasteiger partial charge in [0.1, 0.15) is 0 Å². The first-order valence-electron chi connectivity index (χ1n) is 5.61. The van der Waals surface area contributed by atoms with E-state index >= 15 is 0 Å². The van der Waals surface area contributed by atoms with Crippen molar-refractivity contribution in [3.05, 3.63) is 0 Å². The lowest BCUT2D eigenvalue weighted by atomic mass is 9.41. The Morgan fingerprint density at radius 3 is 2.50 bits per heavy atom. The first-order chi connectivity index (χ1) is 6.67. The van der Waals surface area contributed by atoms with E-state index in [1.54, 1.807) is 0 Å². The summed E-state index contributed by atoms with van der Waals surface area (Å²) in [6.07, 6.45) is 5.24. The molecule has 0 amide bonds. The zero-order chi connectivity index (χ0) is 9.81. The Labute approximate surface area is 83.9 Å². The molecule has 4 rings (SSSR count). The van der Waals surface area contributed by atoms with Gasteiger partial charge in [-0.3, -0.25) is 4.79 Å². The van der Waals surface area contributed by atoms with Gasteiger partial charge in [-0.2, -0.15) is 0 Å². The SMILES string of the molecule is O=C(O)C12CCCC(C3CNC3)(C1)C2. The summed E-state index contributed by atoms with van der Waals surface area (Å²) >= 11 is 0. The van der Waals surface area contributed by atoms with Crippen molar-refractivity contribution in [3.63, 3.8) is 0 Å². The monoisotopic (exact) mass is 195 g/mol. The largest absolute Gasteiger partial charge is 0.481 e. The van der Waals surface area contributed by atoms with Crippen LogP contribution in [-0.2, 0) is 4.79 Å². The van der Waals surface area contributed by atoms with Crippen LogP contribution in [0.3, 0.4) is 0 Å². The molecule has 3 nitrogen and oxygen atoms in total. The second-order valence-electron chi connectivity index (χ2n) is 5.51. The number of rotatable bonds is 2. The average Bonchev–Trinajstić information content (AvgIpc) is 1.99. The number of carboxylic acids is 1. The molecule has 1 heterocycles. The van der Waals surface area contributed by atoms with E-state index in [4.69, 9.17) is 0 Å². The van der Waals surface area contributed by atoms with Crippen molar-refractivity contribution in [2.24, 2.45) is 16.7 Å². The molecule has 0 atom stereocenters. The smallest absolute Gasteiger partial charge is 0.309 e. The van der Waals surface area contributed by atoms with E-state index < -0.39 is 5.97 Å². The lowest BCUT2D eigenvalue weighted by molar-refractivity contribution is -0.188. The maximum atomic E-state index is 11.2. The molecule has 0 radical (unpaired) electrons. The Bertz CT molecular complexity index is 277. The van der Waals surface area contributed by atoms with Crippen LogP contribution in [0, 0.1) is 16.7 Å². The summed E-state index contributed by atoms with van der Waals surface area (Å²) in [5.41, 5.74) is 0.107. The number of carboxylic acid groups (broad SMARTS) is 1. The third-order valence-electron chi connectivity index (χ3n) is 4.81. The molecule has 4 aliphatic rings. The molecule has 0 spiro atoms. The van der Waals surface area contributed by atoms with Gasteiger partial charge in [0.15, 0.2) is 0 Å². The Hall–Kier alpha value is -0.570. The van der Waals surface area contributed by atoms with Crippen LogP contribution in [0.1, 0.15) is 32.1 Å². The minimum absolute atomic E-state index is 0.312. The summed E-state index contributed by atoms with van der Waals surface area (Å²) in [5.74, 6) is 0.232. The molecule has 0 aromatic carbocycles. The standard InChI is InChI=1S/C11H17NO2/c13-9(14)11-3-1-2-10(6-11,7-11)8-4-12-5-8/h8,12H,1-7H2,(H,13,14). The minimum atomic E-state index is -0.542. The zero-order valence-corrected chi connectivity index (χ0v) is 8.38. The van der Waals surface area contributed by atoms with Gasteiger partial charge >= 0.3 is 5.97 Å². The van der Waals surface area contributed by atoms with Crippen molar-refractivity contribution in [2.45, 2.75) is 32.1 Å². The fourth-order valence-corrected chi connectivity index (χ4v) is 3.90. The minimum Gasteiger partial charge on any atom is -0.481 e. The number of hydrogen-bond donors (Lipinski definition) is 2. The third-order valence-corrected chi connectivity index (χ3v) is 4.81. The van der Waals surface area contributed by atoms with Crippen LogP contribution < -0.4 is 5.32 Å². The highest BCUT2D eigenvalue weighted by molar-refractivity contribution is 5.76. The van der Waals surface area contributed by atoms with Crippen LogP contribution in [0.2, 0.25) is 0 Å². The lowest BCUT2D eigenvalue weighted by Gasteiger charge is -2.63. The molecule has 3 saturated carbocycles. The van der Waals surface area contributed by atoms with Crippen LogP contribution in [0.25, 0.3) is 0 Å². The second kappa shape index (κ2) is 2.51. The van der Waals surface area contributed by atoms with Crippen LogP contribution >= 0.6 is 0 Å². The molecule has 78 valence electrons. The Balaban J connectivity index is 1.78. The molecule has 0 aromatic rings. The molecule has 3 heteroatoms. The maximum absolute atomic E-state index is 11.2. The van der Waals surface area contributed by atoms with Gasteiger partial charge in [0, 0.05) is 0 Å². The van der Waals surface area contributed by atoms with E-state index in [2.05, 4.69) is 5.32 Å². The molecular weight excluding hydrogens is 178 g/mol. The quantitative estimate of drug-likeness (QED) is 0.697. The number of nitrogens with one attached hydrogen (secondary N) is 1. The van der Waals surface area contributed by atoms with Gasteiger partial charge in [-0.25, -0.2) is 0 Å². The Morgan fingerprint density at radius 1 is 1.29 bits per heavy atom. The molecule has 0 aromatic heterocycles. The molecule has 3 aliphatic carbocycles. The fourth-order valence-electron chi connectivity index (χ4n) is 3.90.